The molecule has 8 nitrogen and oxygen atoms in total. The van der Waals surface area contributed by atoms with Gasteiger partial charge < -0.3 is 20.7 Å². The number of amides is 2. The molecule has 1 fully saturated rings. The second kappa shape index (κ2) is 6.57. The molecule has 0 saturated carbocycles. The predicted molar refractivity (Wildman–Crippen MR) is 76.6 cm³/mol. The lowest BCUT2D eigenvalue weighted by molar-refractivity contribution is -0.136. The fraction of sp³-hybridized carbons (Fsp3) is 0.615. The van der Waals surface area contributed by atoms with Crippen LogP contribution in [0.4, 0.5) is 5.69 Å². The van der Waals surface area contributed by atoms with Crippen LogP contribution in [0.2, 0.25) is 0 Å². The van der Waals surface area contributed by atoms with Gasteiger partial charge in [-0.2, -0.15) is 5.10 Å². The third kappa shape index (κ3) is 3.52. The average molecular weight is 295 g/mol. The molecule has 0 radical (unpaired) electrons. The molecule has 1 aliphatic heterocycles. The van der Waals surface area contributed by atoms with Crippen LogP contribution >= 0.6 is 0 Å². The highest BCUT2D eigenvalue weighted by Crippen LogP contribution is 2.09. The lowest BCUT2D eigenvalue weighted by Crippen LogP contribution is -2.50. The van der Waals surface area contributed by atoms with Gasteiger partial charge in [0, 0.05) is 25.8 Å². The molecule has 2 rings (SSSR count). The minimum Gasteiger partial charge on any atom is -0.396 e. The van der Waals surface area contributed by atoms with Gasteiger partial charge in [0.05, 0.1) is 18.9 Å². The van der Waals surface area contributed by atoms with Crippen molar-refractivity contribution >= 4 is 17.5 Å². The molecule has 1 saturated heterocycles. The summed E-state index contributed by atoms with van der Waals surface area (Å²) >= 11 is 0. The number of aromatic nitrogens is 2. The van der Waals surface area contributed by atoms with Crippen molar-refractivity contribution < 1.29 is 14.3 Å². The molecular weight excluding hydrogens is 274 g/mol. The Morgan fingerprint density at radius 3 is 2.71 bits per heavy atom. The Kier molecular flexibility index (Phi) is 4.79. The summed E-state index contributed by atoms with van der Waals surface area (Å²) in [6.07, 6.45) is 1.60. The van der Waals surface area contributed by atoms with Crippen molar-refractivity contribution in [2.45, 2.75) is 26.4 Å². The Labute approximate surface area is 123 Å². The van der Waals surface area contributed by atoms with E-state index in [2.05, 4.69) is 10.4 Å². The number of nitrogens with one attached hydrogen (secondary N) is 1. The van der Waals surface area contributed by atoms with Crippen molar-refractivity contribution in [1.29, 1.82) is 0 Å². The third-order valence-corrected chi connectivity index (χ3v) is 3.37. The molecule has 0 spiro atoms. The van der Waals surface area contributed by atoms with E-state index in [1.807, 2.05) is 6.92 Å². The van der Waals surface area contributed by atoms with E-state index in [9.17, 15) is 9.59 Å². The van der Waals surface area contributed by atoms with Crippen LogP contribution in [0, 0.1) is 0 Å². The standard InChI is InChI=1S/C13H21N5O3/c1-3-18-8-10(14)11(16-18)12(19)15-9(2)13(20)17-4-6-21-7-5-17/h8-9H,3-7,14H2,1-2H3,(H,15,19). The van der Waals surface area contributed by atoms with Crippen LogP contribution in [0.3, 0.4) is 0 Å². The van der Waals surface area contributed by atoms with Crippen LogP contribution in [0.5, 0.6) is 0 Å². The highest BCUT2D eigenvalue weighted by atomic mass is 16.5. The van der Waals surface area contributed by atoms with Crippen molar-refractivity contribution in [2.75, 3.05) is 32.0 Å². The molecule has 1 aliphatic rings. The Morgan fingerprint density at radius 1 is 1.48 bits per heavy atom. The number of nitrogens with two attached hydrogens (primary N) is 1. The summed E-state index contributed by atoms with van der Waals surface area (Å²) in [6.45, 7) is 6.33. The molecular formula is C13H21N5O3. The van der Waals surface area contributed by atoms with Gasteiger partial charge in [0.2, 0.25) is 5.91 Å². The molecule has 2 heterocycles. The van der Waals surface area contributed by atoms with Crippen molar-refractivity contribution in [2.24, 2.45) is 0 Å². The Balaban J connectivity index is 1.97. The smallest absolute Gasteiger partial charge is 0.274 e. The summed E-state index contributed by atoms with van der Waals surface area (Å²) < 4.78 is 6.78. The lowest BCUT2D eigenvalue weighted by atomic mass is 10.2. The number of anilines is 1. The summed E-state index contributed by atoms with van der Waals surface area (Å²) in [7, 11) is 0. The summed E-state index contributed by atoms with van der Waals surface area (Å²) in [4.78, 5) is 26.0. The van der Waals surface area contributed by atoms with Crippen LogP contribution in [0.25, 0.3) is 0 Å². The van der Waals surface area contributed by atoms with Crippen LogP contribution in [0.1, 0.15) is 24.3 Å². The van der Waals surface area contributed by atoms with Crippen LogP contribution < -0.4 is 11.1 Å². The van der Waals surface area contributed by atoms with E-state index < -0.39 is 11.9 Å². The second-order valence-corrected chi connectivity index (χ2v) is 4.92. The van der Waals surface area contributed by atoms with Gasteiger partial charge in [0.15, 0.2) is 5.69 Å². The van der Waals surface area contributed by atoms with Crippen LogP contribution in [-0.2, 0) is 16.1 Å². The number of morpholine rings is 1. The second-order valence-electron chi connectivity index (χ2n) is 4.92. The minimum atomic E-state index is -0.623. The molecule has 1 aromatic heterocycles. The number of rotatable bonds is 4. The fourth-order valence-corrected chi connectivity index (χ4v) is 2.16. The maximum atomic E-state index is 12.2. The van der Waals surface area contributed by atoms with E-state index in [4.69, 9.17) is 10.5 Å². The van der Waals surface area contributed by atoms with Crippen LogP contribution in [-0.4, -0.2) is 58.8 Å². The van der Waals surface area contributed by atoms with Gasteiger partial charge in [0.1, 0.15) is 6.04 Å². The van der Waals surface area contributed by atoms with Crippen molar-refractivity contribution in [3.63, 3.8) is 0 Å². The first-order chi connectivity index (χ1) is 10.0. The zero-order valence-corrected chi connectivity index (χ0v) is 12.3. The van der Waals surface area contributed by atoms with E-state index in [0.717, 1.165) is 0 Å². The number of carbonyl (C=O) groups excluding carboxylic acids is 2. The first kappa shape index (κ1) is 15.3. The number of nitrogen functional groups attached to an aromatic ring is 1. The van der Waals surface area contributed by atoms with Crippen LogP contribution in [0.15, 0.2) is 6.20 Å². The molecule has 21 heavy (non-hydrogen) atoms. The zero-order chi connectivity index (χ0) is 15.4. The van der Waals surface area contributed by atoms with E-state index in [1.165, 1.54) is 0 Å². The van der Waals surface area contributed by atoms with E-state index in [0.29, 0.717) is 38.5 Å². The predicted octanol–water partition coefficient (Wildman–Crippen LogP) is -0.538. The van der Waals surface area contributed by atoms with Gasteiger partial charge in [-0.25, -0.2) is 0 Å². The first-order valence-corrected chi connectivity index (χ1v) is 7.03. The molecule has 3 N–H and O–H groups in total. The maximum Gasteiger partial charge on any atom is 0.274 e. The number of ether oxygens (including phenoxy) is 1. The molecule has 1 atom stereocenters. The molecule has 1 unspecified atom stereocenters. The summed E-state index contributed by atoms with van der Waals surface area (Å²) in [5.74, 6) is -0.561. The number of nitrogens with zero attached hydrogens (tertiary/aromatic N) is 3. The molecule has 1 aromatic rings. The normalized spacial score (nSPS) is 16.6. The van der Waals surface area contributed by atoms with E-state index >= 15 is 0 Å². The van der Waals surface area contributed by atoms with Gasteiger partial charge in [-0.1, -0.05) is 0 Å². The van der Waals surface area contributed by atoms with Gasteiger partial charge in [-0.3, -0.25) is 14.3 Å². The lowest BCUT2D eigenvalue weighted by Gasteiger charge is -2.29. The molecule has 2 amide bonds. The Hall–Kier alpha value is -2.09. The quantitative estimate of drug-likeness (QED) is 0.777. The largest absolute Gasteiger partial charge is 0.396 e. The Bertz CT molecular complexity index is 522. The molecule has 0 aliphatic carbocycles. The number of hydrogen-bond donors (Lipinski definition) is 2. The molecule has 0 bridgehead atoms. The van der Waals surface area contributed by atoms with Crippen molar-refractivity contribution in [3.05, 3.63) is 11.9 Å². The average Bonchev–Trinajstić information content (AvgIpc) is 2.88. The van der Waals surface area contributed by atoms with Crippen molar-refractivity contribution in [3.8, 4) is 0 Å². The number of aryl methyl sites for hydroxylation is 1. The Morgan fingerprint density at radius 2 is 2.14 bits per heavy atom. The molecule has 0 aromatic carbocycles. The maximum absolute atomic E-state index is 12.2. The number of carbonyl (C=O) groups is 2. The van der Waals surface area contributed by atoms with Gasteiger partial charge in [0.25, 0.3) is 5.91 Å². The van der Waals surface area contributed by atoms with Gasteiger partial charge in [-0.15, -0.1) is 0 Å². The highest BCUT2D eigenvalue weighted by Gasteiger charge is 2.25. The molecule has 116 valence electrons. The zero-order valence-electron chi connectivity index (χ0n) is 12.3. The van der Waals surface area contributed by atoms with E-state index in [1.54, 1.807) is 22.7 Å². The first-order valence-electron chi connectivity index (χ1n) is 7.03. The third-order valence-electron chi connectivity index (χ3n) is 3.37. The summed E-state index contributed by atoms with van der Waals surface area (Å²) in [6, 6.07) is -0.623. The minimum absolute atomic E-state index is 0.125. The number of hydrogen-bond acceptors (Lipinski definition) is 5. The molecule has 8 heteroatoms. The SMILES string of the molecule is CCn1cc(N)c(C(=O)NC(C)C(=O)N2CCOCC2)n1. The van der Waals surface area contributed by atoms with Gasteiger partial charge >= 0.3 is 0 Å². The topological polar surface area (TPSA) is 102 Å². The monoisotopic (exact) mass is 295 g/mol. The highest BCUT2D eigenvalue weighted by molar-refractivity contribution is 5.99. The van der Waals surface area contributed by atoms with E-state index in [-0.39, 0.29) is 11.6 Å². The summed E-state index contributed by atoms with van der Waals surface area (Å²) in [5.41, 5.74) is 6.21. The summed E-state index contributed by atoms with van der Waals surface area (Å²) in [5, 5.41) is 6.73. The fourth-order valence-electron chi connectivity index (χ4n) is 2.16. The van der Waals surface area contributed by atoms with Crippen molar-refractivity contribution in [1.82, 2.24) is 20.0 Å². The van der Waals surface area contributed by atoms with Gasteiger partial charge in [-0.05, 0) is 13.8 Å².